The first kappa shape index (κ1) is 10.4. The Hall–Kier alpha value is -1.72. The van der Waals surface area contributed by atoms with E-state index in [1.54, 1.807) is 24.6 Å². The Morgan fingerprint density at radius 1 is 1.47 bits per heavy atom. The fraction of sp³-hybridized carbons (Fsp3) is 0.167. The highest BCUT2D eigenvalue weighted by Gasteiger charge is 2.29. The van der Waals surface area contributed by atoms with Gasteiger partial charge in [0.2, 0.25) is 5.91 Å². The van der Waals surface area contributed by atoms with Crippen LogP contribution in [0.3, 0.4) is 0 Å². The standard InChI is InChI=1S/C12H11N3OS/c1-13-10-8-6-7(12-14-4-5-17-12)2-3-9(8)15-11(10)16/h2-6,10,13H,1H3,(H,15,16). The molecule has 2 aromatic rings. The molecule has 5 heteroatoms. The van der Waals surface area contributed by atoms with Gasteiger partial charge in [-0.25, -0.2) is 4.98 Å². The Balaban J connectivity index is 2.08. The van der Waals surface area contributed by atoms with Gasteiger partial charge >= 0.3 is 0 Å². The molecule has 86 valence electrons. The SMILES string of the molecule is CNC1C(=O)Nc2ccc(-c3nccs3)cc21. The van der Waals surface area contributed by atoms with Gasteiger partial charge in [0.25, 0.3) is 0 Å². The van der Waals surface area contributed by atoms with E-state index in [1.807, 2.05) is 23.6 Å². The summed E-state index contributed by atoms with van der Waals surface area (Å²) in [4.78, 5) is 15.9. The molecule has 2 heterocycles. The van der Waals surface area contributed by atoms with Gasteiger partial charge in [0.15, 0.2) is 0 Å². The van der Waals surface area contributed by atoms with Gasteiger partial charge in [-0.2, -0.15) is 0 Å². The topological polar surface area (TPSA) is 54.0 Å². The predicted octanol–water partition coefficient (Wildman–Crippen LogP) is 2.02. The third kappa shape index (κ3) is 1.64. The maximum Gasteiger partial charge on any atom is 0.246 e. The van der Waals surface area contributed by atoms with Crippen LogP contribution in [-0.4, -0.2) is 17.9 Å². The fourth-order valence-corrected chi connectivity index (χ4v) is 2.68. The van der Waals surface area contributed by atoms with E-state index in [1.165, 1.54) is 0 Å². The van der Waals surface area contributed by atoms with E-state index in [-0.39, 0.29) is 11.9 Å². The van der Waals surface area contributed by atoms with Crippen molar-refractivity contribution in [3.63, 3.8) is 0 Å². The number of aromatic nitrogens is 1. The molecule has 1 unspecified atom stereocenters. The van der Waals surface area contributed by atoms with E-state index in [0.29, 0.717) is 0 Å². The highest BCUT2D eigenvalue weighted by atomic mass is 32.1. The number of nitrogens with zero attached hydrogens (tertiary/aromatic N) is 1. The van der Waals surface area contributed by atoms with Gasteiger partial charge in [-0.3, -0.25) is 4.79 Å². The monoisotopic (exact) mass is 245 g/mol. The molecule has 1 aliphatic heterocycles. The number of fused-ring (bicyclic) bond motifs is 1. The number of rotatable bonds is 2. The summed E-state index contributed by atoms with van der Waals surface area (Å²) in [7, 11) is 1.79. The van der Waals surface area contributed by atoms with Gasteiger partial charge in [0.1, 0.15) is 11.0 Å². The summed E-state index contributed by atoms with van der Waals surface area (Å²) in [5.74, 6) is -0.00112. The molecule has 3 rings (SSSR count). The van der Waals surface area contributed by atoms with Gasteiger partial charge in [0.05, 0.1) is 0 Å². The highest BCUT2D eigenvalue weighted by molar-refractivity contribution is 7.13. The van der Waals surface area contributed by atoms with E-state index >= 15 is 0 Å². The van der Waals surface area contributed by atoms with Crippen molar-refractivity contribution in [1.82, 2.24) is 10.3 Å². The maximum atomic E-state index is 11.7. The molecule has 0 saturated carbocycles. The van der Waals surface area contributed by atoms with Crippen LogP contribution in [-0.2, 0) is 4.79 Å². The van der Waals surface area contributed by atoms with E-state index in [4.69, 9.17) is 0 Å². The lowest BCUT2D eigenvalue weighted by Gasteiger charge is -2.07. The number of likely N-dealkylation sites (N-methyl/N-ethyl adjacent to an activating group) is 1. The Morgan fingerprint density at radius 2 is 2.35 bits per heavy atom. The summed E-state index contributed by atoms with van der Waals surface area (Å²) in [6, 6.07) is 5.68. The molecule has 0 bridgehead atoms. The van der Waals surface area contributed by atoms with Crippen LogP contribution in [0.2, 0.25) is 0 Å². The van der Waals surface area contributed by atoms with Crippen LogP contribution in [0.15, 0.2) is 29.8 Å². The van der Waals surface area contributed by atoms with Crippen LogP contribution in [0.25, 0.3) is 10.6 Å². The van der Waals surface area contributed by atoms with Crippen molar-refractivity contribution in [2.45, 2.75) is 6.04 Å². The van der Waals surface area contributed by atoms with Crippen molar-refractivity contribution in [3.05, 3.63) is 35.3 Å². The minimum atomic E-state index is -0.259. The molecule has 2 N–H and O–H groups in total. The van der Waals surface area contributed by atoms with Crippen LogP contribution in [0.1, 0.15) is 11.6 Å². The van der Waals surface area contributed by atoms with E-state index in [0.717, 1.165) is 21.8 Å². The molecule has 17 heavy (non-hydrogen) atoms. The van der Waals surface area contributed by atoms with Gasteiger partial charge in [-0.05, 0) is 25.2 Å². The second kappa shape index (κ2) is 3.94. The predicted molar refractivity (Wildman–Crippen MR) is 68.0 cm³/mol. The summed E-state index contributed by atoms with van der Waals surface area (Å²) < 4.78 is 0. The molecule has 1 aliphatic rings. The first-order valence-electron chi connectivity index (χ1n) is 5.31. The van der Waals surface area contributed by atoms with E-state index in [9.17, 15) is 4.79 Å². The number of hydrogen-bond acceptors (Lipinski definition) is 4. The molecular weight excluding hydrogens is 234 g/mol. The molecular formula is C12H11N3OS. The Morgan fingerprint density at radius 3 is 3.06 bits per heavy atom. The number of benzene rings is 1. The first-order valence-corrected chi connectivity index (χ1v) is 6.19. The smallest absolute Gasteiger partial charge is 0.246 e. The second-order valence-electron chi connectivity index (χ2n) is 3.85. The zero-order valence-corrected chi connectivity index (χ0v) is 10.0. The van der Waals surface area contributed by atoms with Crippen molar-refractivity contribution in [1.29, 1.82) is 0 Å². The lowest BCUT2D eigenvalue weighted by Crippen LogP contribution is -2.23. The molecule has 1 atom stereocenters. The normalized spacial score (nSPS) is 17.9. The fourth-order valence-electron chi connectivity index (χ4n) is 2.05. The number of anilines is 1. The number of nitrogens with one attached hydrogen (secondary N) is 2. The van der Waals surface area contributed by atoms with Crippen molar-refractivity contribution >= 4 is 22.9 Å². The van der Waals surface area contributed by atoms with Crippen molar-refractivity contribution < 1.29 is 4.79 Å². The zero-order chi connectivity index (χ0) is 11.8. The molecule has 4 nitrogen and oxygen atoms in total. The molecule has 0 aliphatic carbocycles. The zero-order valence-electron chi connectivity index (χ0n) is 9.23. The number of carbonyl (C=O) groups is 1. The molecule has 0 spiro atoms. The average Bonchev–Trinajstić information content (AvgIpc) is 2.93. The third-order valence-electron chi connectivity index (χ3n) is 2.85. The van der Waals surface area contributed by atoms with Crippen LogP contribution in [0.5, 0.6) is 0 Å². The molecule has 1 amide bonds. The average molecular weight is 245 g/mol. The third-order valence-corrected chi connectivity index (χ3v) is 3.67. The second-order valence-corrected chi connectivity index (χ2v) is 4.74. The Labute approximate surface area is 103 Å². The first-order chi connectivity index (χ1) is 8.29. The maximum absolute atomic E-state index is 11.7. The molecule has 0 fully saturated rings. The summed E-state index contributed by atoms with van der Waals surface area (Å²) >= 11 is 1.59. The number of amides is 1. The number of hydrogen-bond donors (Lipinski definition) is 2. The van der Waals surface area contributed by atoms with E-state index in [2.05, 4.69) is 15.6 Å². The Bertz CT molecular complexity index is 565. The molecule has 1 aromatic heterocycles. The summed E-state index contributed by atoms with van der Waals surface area (Å²) in [6.07, 6.45) is 1.78. The van der Waals surface area contributed by atoms with Crippen LogP contribution < -0.4 is 10.6 Å². The van der Waals surface area contributed by atoms with Crippen LogP contribution >= 0.6 is 11.3 Å². The number of carbonyl (C=O) groups excluding carboxylic acids is 1. The van der Waals surface area contributed by atoms with Crippen LogP contribution in [0.4, 0.5) is 5.69 Å². The summed E-state index contributed by atoms with van der Waals surface area (Å²) in [5, 5.41) is 8.79. The van der Waals surface area contributed by atoms with Gasteiger partial charge < -0.3 is 10.6 Å². The van der Waals surface area contributed by atoms with Crippen molar-refractivity contribution in [2.75, 3.05) is 12.4 Å². The van der Waals surface area contributed by atoms with E-state index < -0.39 is 0 Å². The summed E-state index contributed by atoms with van der Waals surface area (Å²) in [6.45, 7) is 0. The minimum Gasteiger partial charge on any atom is -0.324 e. The molecule has 0 radical (unpaired) electrons. The molecule has 1 aromatic carbocycles. The molecule has 0 saturated heterocycles. The summed E-state index contributed by atoms with van der Waals surface area (Å²) in [5.41, 5.74) is 2.93. The van der Waals surface area contributed by atoms with Gasteiger partial charge in [-0.15, -0.1) is 11.3 Å². The lowest BCUT2D eigenvalue weighted by molar-refractivity contribution is -0.117. The van der Waals surface area contributed by atoms with Gasteiger partial charge in [-0.1, -0.05) is 0 Å². The lowest BCUT2D eigenvalue weighted by atomic mass is 10.1. The quantitative estimate of drug-likeness (QED) is 0.851. The Kier molecular flexibility index (Phi) is 2.42. The van der Waals surface area contributed by atoms with Crippen LogP contribution in [0, 0.1) is 0 Å². The van der Waals surface area contributed by atoms with Gasteiger partial charge in [0, 0.05) is 28.4 Å². The largest absolute Gasteiger partial charge is 0.324 e. The number of thiazole rings is 1. The van der Waals surface area contributed by atoms with Crippen molar-refractivity contribution in [3.8, 4) is 10.6 Å². The highest BCUT2D eigenvalue weighted by Crippen LogP contribution is 2.34. The minimum absolute atomic E-state index is 0.00112. The van der Waals surface area contributed by atoms with Crippen molar-refractivity contribution in [2.24, 2.45) is 0 Å².